The molecule has 1 atom stereocenters. The Hall–Kier alpha value is -1.30. The molecule has 18 heavy (non-hydrogen) atoms. The quantitative estimate of drug-likeness (QED) is 0.886. The van der Waals surface area contributed by atoms with Gasteiger partial charge in [0.05, 0.1) is 17.6 Å². The number of hydrogen-bond acceptors (Lipinski definition) is 3. The maximum Gasteiger partial charge on any atom is 0.405 e. The van der Waals surface area contributed by atoms with Gasteiger partial charge in [0.15, 0.2) is 0 Å². The van der Waals surface area contributed by atoms with Crippen LogP contribution in [0.3, 0.4) is 0 Å². The highest BCUT2D eigenvalue weighted by atomic mass is 19.4. The minimum Gasteiger partial charge on any atom is -0.362 e. The Bertz CT molecular complexity index is 362. The van der Waals surface area contributed by atoms with E-state index in [1.54, 1.807) is 19.1 Å². The van der Waals surface area contributed by atoms with Gasteiger partial charge in [0.25, 0.3) is 0 Å². The SMILES string of the molecule is CC[C@@H](N)c1ccc(N(CC)CC(F)(F)F)cn1. The molecule has 102 valence electrons. The summed E-state index contributed by atoms with van der Waals surface area (Å²) in [6, 6.07) is 3.15. The fourth-order valence-electron chi connectivity index (χ4n) is 1.62. The van der Waals surface area contributed by atoms with Crippen LogP contribution in [0.5, 0.6) is 0 Å². The summed E-state index contributed by atoms with van der Waals surface area (Å²) in [5.74, 6) is 0. The Labute approximate surface area is 105 Å². The molecule has 0 aliphatic carbocycles. The standard InChI is InChI=1S/C12H18F3N3/c1-3-10(16)11-6-5-9(7-17-11)18(4-2)8-12(13,14)15/h5-7,10H,3-4,8,16H2,1-2H3/t10-/m1/s1. The number of hydrogen-bond donors (Lipinski definition) is 1. The predicted octanol–water partition coefficient (Wildman–Crippen LogP) is 2.88. The second-order valence-corrected chi connectivity index (χ2v) is 4.09. The molecule has 0 radical (unpaired) electrons. The predicted molar refractivity (Wildman–Crippen MR) is 65.4 cm³/mol. The highest BCUT2D eigenvalue weighted by molar-refractivity contribution is 5.44. The Morgan fingerprint density at radius 2 is 2.00 bits per heavy atom. The second-order valence-electron chi connectivity index (χ2n) is 4.09. The summed E-state index contributed by atoms with van der Waals surface area (Å²) in [5.41, 5.74) is 6.96. The number of alkyl halides is 3. The number of nitrogens with zero attached hydrogens (tertiary/aromatic N) is 2. The molecule has 0 saturated heterocycles. The molecule has 0 spiro atoms. The normalized spacial score (nSPS) is 13.4. The highest BCUT2D eigenvalue weighted by Crippen LogP contribution is 2.22. The van der Waals surface area contributed by atoms with Crippen LogP contribution in [-0.2, 0) is 0 Å². The Morgan fingerprint density at radius 3 is 2.39 bits per heavy atom. The average molecular weight is 261 g/mol. The molecule has 0 aromatic carbocycles. The maximum atomic E-state index is 12.4. The number of pyridine rings is 1. The van der Waals surface area contributed by atoms with Crippen molar-refractivity contribution >= 4 is 5.69 Å². The van der Waals surface area contributed by atoms with Crippen molar-refractivity contribution in [3.05, 3.63) is 24.0 Å². The number of aromatic nitrogens is 1. The molecule has 0 unspecified atom stereocenters. The van der Waals surface area contributed by atoms with E-state index in [0.717, 1.165) is 6.42 Å². The summed E-state index contributed by atoms with van der Waals surface area (Å²) in [6.07, 6.45) is -2.03. The second kappa shape index (κ2) is 6.04. The van der Waals surface area contributed by atoms with Crippen molar-refractivity contribution in [1.82, 2.24) is 4.98 Å². The molecule has 1 rings (SSSR count). The zero-order chi connectivity index (χ0) is 13.8. The number of anilines is 1. The molecule has 1 heterocycles. The third-order valence-electron chi connectivity index (χ3n) is 2.71. The van der Waals surface area contributed by atoms with Crippen LogP contribution < -0.4 is 10.6 Å². The van der Waals surface area contributed by atoms with Gasteiger partial charge >= 0.3 is 6.18 Å². The first kappa shape index (κ1) is 14.8. The molecular formula is C12H18F3N3. The van der Waals surface area contributed by atoms with Crippen LogP contribution in [0.25, 0.3) is 0 Å². The lowest BCUT2D eigenvalue weighted by Crippen LogP contribution is -2.34. The average Bonchev–Trinajstić information content (AvgIpc) is 2.34. The Kier molecular flexibility index (Phi) is 4.95. The van der Waals surface area contributed by atoms with E-state index in [2.05, 4.69) is 4.98 Å². The van der Waals surface area contributed by atoms with Crippen molar-refractivity contribution in [1.29, 1.82) is 0 Å². The van der Waals surface area contributed by atoms with E-state index < -0.39 is 12.7 Å². The molecule has 0 fully saturated rings. The van der Waals surface area contributed by atoms with Crippen molar-refractivity contribution in [3.63, 3.8) is 0 Å². The van der Waals surface area contributed by atoms with Crippen LogP contribution >= 0.6 is 0 Å². The van der Waals surface area contributed by atoms with E-state index in [0.29, 0.717) is 11.4 Å². The summed E-state index contributed by atoms with van der Waals surface area (Å²) in [6.45, 7) is 2.92. The molecule has 0 aliphatic heterocycles. The van der Waals surface area contributed by atoms with Gasteiger partial charge in [0, 0.05) is 12.6 Å². The Morgan fingerprint density at radius 1 is 1.33 bits per heavy atom. The monoisotopic (exact) mass is 261 g/mol. The van der Waals surface area contributed by atoms with Gasteiger partial charge in [0.1, 0.15) is 6.54 Å². The van der Waals surface area contributed by atoms with Gasteiger partial charge in [0.2, 0.25) is 0 Å². The molecule has 0 saturated carbocycles. The topological polar surface area (TPSA) is 42.1 Å². The number of nitrogens with two attached hydrogens (primary N) is 1. The lowest BCUT2D eigenvalue weighted by atomic mass is 10.1. The van der Waals surface area contributed by atoms with Crippen LogP contribution in [0, 0.1) is 0 Å². The van der Waals surface area contributed by atoms with Gasteiger partial charge < -0.3 is 10.6 Å². The van der Waals surface area contributed by atoms with Crippen molar-refractivity contribution in [2.24, 2.45) is 5.73 Å². The first-order valence-corrected chi connectivity index (χ1v) is 5.90. The fourth-order valence-corrected chi connectivity index (χ4v) is 1.62. The zero-order valence-corrected chi connectivity index (χ0v) is 10.5. The van der Waals surface area contributed by atoms with Crippen molar-refractivity contribution in [2.75, 3.05) is 18.0 Å². The highest BCUT2D eigenvalue weighted by Gasteiger charge is 2.30. The summed E-state index contributed by atoms with van der Waals surface area (Å²) < 4.78 is 37.1. The lowest BCUT2D eigenvalue weighted by Gasteiger charge is -2.24. The van der Waals surface area contributed by atoms with Gasteiger partial charge in [-0.3, -0.25) is 4.98 Å². The minimum atomic E-state index is -4.21. The summed E-state index contributed by atoms with van der Waals surface area (Å²) >= 11 is 0. The molecule has 0 amide bonds. The van der Waals surface area contributed by atoms with Crippen LogP contribution in [-0.4, -0.2) is 24.2 Å². The lowest BCUT2D eigenvalue weighted by molar-refractivity contribution is -0.119. The molecule has 0 aliphatic rings. The Balaban J connectivity index is 2.82. The zero-order valence-electron chi connectivity index (χ0n) is 10.5. The van der Waals surface area contributed by atoms with Gasteiger partial charge in [-0.05, 0) is 25.5 Å². The van der Waals surface area contributed by atoms with Crippen molar-refractivity contribution < 1.29 is 13.2 Å². The fraction of sp³-hybridized carbons (Fsp3) is 0.583. The van der Waals surface area contributed by atoms with E-state index in [-0.39, 0.29) is 12.6 Å². The third-order valence-corrected chi connectivity index (χ3v) is 2.71. The van der Waals surface area contributed by atoms with Crippen LogP contribution in [0.2, 0.25) is 0 Å². The van der Waals surface area contributed by atoms with Crippen molar-refractivity contribution in [2.45, 2.75) is 32.5 Å². The molecule has 1 aromatic heterocycles. The molecule has 0 bridgehead atoms. The van der Waals surface area contributed by atoms with E-state index in [1.807, 2.05) is 6.92 Å². The first-order valence-electron chi connectivity index (χ1n) is 5.90. The summed E-state index contributed by atoms with van der Waals surface area (Å²) in [7, 11) is 0. The molecule has 1 aromatic rings. The number of rotatable bonds is 5. The van der Waals surface area contributed by atoms with Gasteiger partial charge in [-0.15, -0.1) is 0 Å². The largest absolute Gasteiger partial charge is 0.405 e. The van der Waals surface area contributed by atoms with Crippen LogP contribution in [0.15, 0.2) is 18.3 Å². The molecule has 2 N–H and O–H groups in total. The number of halogens is 3. The third kappa shape index (κ3) is 4.18. The van der Waals surface area contributed by atoms with Crippen LogP contribution in [0.4, 0.5) is 18.9 Å². The smallest absolute Gasteiger partial charge is 0.362 e. The first-order chi connectivity index (χ1) is 8.37. The van der Waals surface area contributed by atoms with E-state index in [9.17, 15) is 13.2 Å². The summed E-state index contributed by atoms with van der Waals surface area (Å²) in [5, 5.41) is 0. The van der Waals surface area contributed by atoms with Crippen LogP contribution in [0.1, 0.15) is 32.0 Å². The minimum absolute atomic E-state index is 0.170. The van der Waals surface area contributed by atoms with E-state index in [4.69, 9.17) is 5.73 Å². The van der Waals surface area contributed by atoms with Gasteiger partial charge in [-0.25, -0.2) is 0 Å². The summed E-state index contributed by atoms with van der Waals surface area (Å²) in [4.78, 5) is 5.34. The van der Waals surface area contributed by atoms with Gasteiger partial charge in [-0.1, -0.05) is 6.92 Å². The van der Waals surface area contributed by atoms with Crippen molar-refractivity contribution in [3.8, 4) is 0 Å². The maximum absolute atomic E-state index is 12.4. The van der Waals surface area contributed by atoms with Gasteiger partial charge in [-0.2, -0.15) is 13.2 Å². The molecule has 6 heteroatoms. The van der Waals surface area contributed by atoms with E-state index >= 15 is 0 Å². The van der Waals surface area contributed by atoms with E-state index in [1.165, 1.54) is 11.1 Å². The molecular weight excluding hydrogens is 243 g/mol. The molecule has 3 nitrogen and oxygen atoms in total.